The molecule has 0 radical (unpaired) electrons. The first-order valence-electron chi connectivity index (χ1n) is 10.0. The molecule has 3 rings (SSSR count). The standard InChI is InChI=1S/C20H28N6O3S/c1-3-21-20(22-10-7-13-30(28,29)18-8-5-4-6-9-18)25-11-12-26(19(27)16-25)17-14-23-24(2)15-17/h4-6,8-9,14-15H,3,7,10-13,16H2,1-2H3,(H,21,22). The summed E-state index contributed by atoms with van der Waals surface area (Å²) in [5.74, 6) is 0.647. The number of anilines is 1. The number of piperazine rings is 1. The van der Waals surface area contributed by atoms with Gasteiger partial charge in [0.15, 0.2) is 15.8 Å². The first kappa shape index (κ1) is 21.8. The zero-order valence-corrected chi connectivity index (χ0v) is 18.2. The predicted molar refractivity (Wildman–Crippen MR) is 116 cm³/mol. The summed E-state index contributed by atoms with van der Waals surface area (Å²) in [5.41, 5.74) is 0.787. The zero-order valence-electron chi connectivity index (χ0n) is 17.4. The summed E-state index contributed by atoms with van der Waals surface area (Å²) < 4.78 is 26.4. The van der Waals surface area contributed by atoms with Crippen LogP contribution in [-0.4, -0.2) is 73.4 Å². The van der Waals surface area contributed by atoms with Gasteiger partial charge in [-0.3, -0.25) is 14.5 Å². The Balaban J connectivity index is 1.57. The smallest absolute Gasteiger partial charge is 0.246 e. The Labute approximate surface area is 177 Å². The van der Waals surface area contributed by atoms with Crippen molar-refractivity contribution in [1.82, 2.24) is 20.0 Å². The van der Waals surface area contributed by atoms with Crippen LogP contribution in [0, 0.1) is 0 Å². The van der Waals surface area contributed by atoms with Crippen molar-refractivity contribution in [3.8, 4) is 0 Å². The lowest BCUT2D eigenvalue weighted by Crippen LogP contribution is -2.55. The molecule has 0 saturated carbocycles. The number of nitrogens with zero attached hydrogens (tertiary/aromatic N) is 5. The summed E-state index contributed by atoms with van der Waals surface area (Å²) in [6, 6.07) is 8.44. The number of amides is 1. The van der Waals surface area contributed by atoms with Crippen LogP contribution in [-0.2, 0) is 21.7 Å². The molecule has 2 heterocycles. The Kier molecular flexibility index (Phi) is 7.09. The van der Waals surface area contributed by atoms with Crippen LogP contribution < -0.4 is 10.2 Å². The Morgan fingerprint density at radius 2 is 2.00 bits per heavy atom. The van der Waals surface area contributed by atoms with Gasteiger partial charge in [0.05, 0.1) is 22.5 Å². The number of rotatable bonds is 7. The van der Waals surface area contributed by atoms with Crippen molar-refractivity contribution in [2.24, 2.45) is 12.0 Å². The van der Waals surface area contributed by atoms with E-state index in [-0.39, 0.29) is 18.2 Å². The second kappa shape index (κ2) is 9.75. The van der Waals surface area contributed by atoms with E-state index >= 15 is 0 Å². The first-order chi connectivity index (χ1) is 14.4. The number of sulfone groups is 1. The number of nitrogens with one attached hydrogen (secondary N) is 1. The fourth-order valence-electron chi connectivity index (χ4n) is 3.29. The number of hydrogen-bond donors (Lipinski definition) is 1. The maximum atomic E-state index is 12.6. The molecule has 1 amide bonds. The quantitative estimate of drug-likeness (QED) is 0.396. The molecule has 0 atom stereocenters. The van der Waals surface area contributed by atoms with Crippen LogP contribution >= 0.6 is 0 Å². The Morgan fingerprint density at radius 1 is 1.23 bits per heavy atom. The highest BCUT2D eigenvalue weighted by Gasteiger charge is 2.27. The minimum Gasteiger partial charge on any atom is -0.357 e. The van der Waals surface area contributed by atoms with Crippen LogP contribution in [0.5, 0.6) is 0 Å². The van der Waals surface area contributed by atoms with Crippen molar-refractivity contribution < 1.29 is 13.2 Å². The first-order valence-corrected chi connectivity index (χ1v) is 11.7. The molecule has 10 heteroatoms. The average Bonchev–Trinajstić information content (AvgIpc) is 3.17. The highest BCUT2D eigenvalue weighted by molar-refractivity contribution is 7.91. The van der Waals surface area contributed by atoms with Crippen molar-refractivity contribution >= 4 is 27.4 Å². The third-order valence-corrected chi connectivity index (χ3v) is 6.61. The Bertz CT molecular complexity index is 987. The topological polar surface area (TPSA) is 99.9 Å². The van der Waals surface area contributed by atoms with Gasteiger partial charge in [0.2, 0.25) is 5.91 Å². The molecule has 1 N–H and O–H groups in total. The number of carbonyl (C=O) groups excluding carboxylic acids is 1. The van der Waals surface area contributed by atoms with Gasteiger partial charge in [0.25, 0.3) is 0 Å². The third-order valence-electron chi connectivity index (χ3n) is 4.79. The number of aromatic nitrogens is 2. The molecule has 9 nitrogen and oxygen atoms in total. The molecule has 1 fully saturated rings. The van der Waals surface area contributed by atoms with Gasteiger partial charge in [0, 0.05) is 39.4 Å². The van der Waals surface area contributed by atoms with E-state index < -0.39 is 9.84 Å². The average molecular weight is 433 g/mol. The Hall–Kier alpha value is -2.88. The van der Waals surface area contributed by atoms with E-state index in [1.807, 2.05) is 25.1 Å². The predicted octanol–water partition coefficient (Wildman–Crippen LogP) is 0.898. The zero-order chi connectivity index (χ0) is 21.6. The number of aryl methyl sites for hydroxylation is 1. The summed E-state index contributed by atoms with van der Waals surface area (Å²) in [6.07, 6.45) is 3.91. The summed E-state index contributed by atoms with van der Waals surface area (Å²) >= 11 is 0. The van der Waals surface area contributed by atoms with E-state index in [4.69, 9.17) is 0 Å². The highest BCUT2D eigenvalue weighted by atomic mass is 32.2. The van der Waals surface area contributed by atoms with Gasteiger partial charge in [-0.1, -0.05) is 18.2 Å². The molecular weight excluding hydrogens is 404 g/mol. The largest absolute Gasteiger partial charge is 0.357 e. The second-order valence-electron chi connectivity index (χ2n) is 7.06. The van der Waals surface area contributed by atoms with E-state index in [0.717, 1.165) is 5.69 Å². The van der Waals surface area contributed by atoms with Gasteiger partial charge in [-0.2, -0.15) is 5.10 Å². The van der Waals surface area contributed by atoms with Crippen molar-refractivity contribution in [2.45, 2.75) is 18.2 Å². The lowest BCUT2D eigenvalue weighted by Gasteiger charge is -2.35. The third kappa shape index (κ3) is 5.38. The van der Waals surface area contributed by atoms with Gasteiger partial charge in [-0.25, -0.2) is 8.42 Å². The molecule has 0 bridgehead atoms. The molecule has 162 valence electrons. The molecule has 1 saturated heterocycles. The molecule has 1 aromatic heterocycles. The second-order valence-corrected chi connectivity index (χ2v) is 9.17. The van der Waals surface area contributed by atoms with Crippen LogP contribution in [0.25, 0.3) is 0 Å². The molecule has 2 aromatic rings. The molecule has 0 unspecified atom stereocenters. The lowest BCUT2D eigenvalue weighted by molar-refractivity contribution is -0.120. The minimum atomic E-state index is -3.31. The van der Waals surface area contributed by atoms with Crippen molar-refractivity contribution in [1.29, 1.82) is 0 Å². The Morgan fingerprint density at radius 3 is 2.63 bits per heavy atom. The summed E-state index contributed by atoms with van der Waals surface area (Å²) in [4.78, 5) is 21.1. The van der Waals surface area contributed by atoms with Crippen LogP contribution in [0.4, 0.5) is 5.69 Å². The van der Waals surface area contributed by atoms with Gasteiger partial charge >= 0.3 is 0 Å². The van der Waals surface area contributed by atoms with Crippen LogP contribution in [0.3, 0.4) is 0 Å². The van der Waals surface area contributed by atoms with Crippen LogP contribution in [0.2, 0.25) is 0 Å². The molecule has 1 aromatic carbocycles. The van der Waals surface area contributed by atoms with Crippen molar-refractivity contribution in [3.05, 3.63) is 42.7 Å². The van der Waals surface area contributed by atoms with E-state index in [1.54, 1.807) is 46.1 Å². The SMILES string of the molecule is CCNC(=NCCCS(=O)(=O)c1ccccc1)N1CCN(c2cnn(C)c2)C(=O)C1. The molecule has 1 aliphatic heterocycles. The lowest BCUT2D eigenvalue weighted by atomic mass is 10.3. The van der Waals surface area contributed by atoms with Gasteiger partial charge in [0.1, 0.15) is 6.54 Å². The van der Waals surface area contributed by atoms with Gasteiger partial charge < -0.3 is 15.1 Å². The molecule has 1 aliphatic rings. The number of guanidine groups is 1. The van der Waals surface area contributed by atoms with E-state index in [2.05, 4.69) is 15.4 Å². The van der Waals surface area contributed by atoms with Crippen molar-refractivity contribution in [3.63, 3.8) is 0 Å². The maximum Gasteiger partial charge on any atom is 0.246 e. The summed E-state index contributed by atoms with van der Waals surface area (Å²) in [5, 5.41) is 7.33. The summed E-state index contributed by atoms with van der Waals surface area (Å²) in [7, 11) is -1.49. The molecule has 30 heavy (non-hydrogen) atoms. The fraction of sp³-hybridized carbons (Fsp3) is 0.450. The van der Waals surface area contributed by atoms with E-state index in [1.165, 1.54) is 0 Å². The number of benzene rings is 1. The molecule has 0 spiro atoms. The highest BCUT2D eigenvalue weighted by Crippen LogP contribution is 2.16. The normalized spacial score (nSPS) is 15.5. The van der Waals surface area contributed by atoms with Crippen molar-refractivity contribution in [2.75, 3.05) is 43.4 Å². The van der Waals surface area contributed by atoms with Gasteiger partial charge in [-0.05, 0) is 25.5 Å². The van der Waals surface area contributed by atoms with E-state index in [0.29, 0.717) is 43.5 Å². The van der Waals surface area contributed by atoms with Crippen LogP contribution in [0.1, 0.15) is 13.3 Å². The fourth-order valence-corrected chi connectivity index (χ4v) is 4.60. The van der Waals surface area contributed by atoms with Crippen LogP contribution in [0.15, 0.2) is 52.6 Å². The molecule has 0 aliphatic carbocycles. The van der Waals surface area contributed by atoms with E-state index in [9.17, 15) is 13.2 Å². The number of carbonyl (C=O) groups is 1. The molecular formula is C20H28N6O3S. The summed E-state index contributed by atoms with van der Waals surface area (Å²) in [6.45, 7) is 4.38. The maximum absolute atomic E-state index is 12.6. The number of aliphatic imine (C=N–C) groups is 1. The van der Waals surface area contributed by atoms with Gasteiger partial charge in [-0.15, -0.1) is 0 Å². The number of hydrogen-bond acceptors (Lipinski definition) is 5. The minimum absolute atomic E-state index is 0.0218. The monoisotopic (exact) mass is 432 g/mol.